The number of nitrogens with zero attached hydrogens (tertiary/aromatic N) is 3. The van der Waals surface area contributed by atoms with Crippen LogP contribution in [0.5, 0.6) is 0 Å². The third-order valence-electron chi connectivity index (χ3n) is 4.20. The van der Waals surface area contributed by atoms with Crippen molar-refractivity contribution in [3.8, 4) is 17.3 Å². The predicted octanol–water partition coefficient (Wildman–Crippen LogP) is 4.04. The van der Waals surface area contributed by atoms with E-state index in [4.69, 9.17) is 10.00 Å². The van der Waals surface area contributed by atoms with E-state index < -0.39 is 5.97 Å². The molecular weight excluding hydrogens is 385 g/mol. The summed E-state index contributed by atoms with van der Waals surface area (Å²) in [5, 5.41) is 13.2. The summed E-state index contributed by atoms with van der Waals surface area (Å²) in [4.78, 5) is 24.1. The number of Topliss-reactive ketones (excluding diaryl/α,β-unsaturated/α-hetero) is 1. The molecule has 0 amide bonds. The zero-order valence-electron chi connectivity index (χ0n) is 16.0. The first-order chi connectivity index (χ1) is 14.6. The van der Waals surface area contributed by atoms with Gasteiger partial charge in [0.2, 0.25) is 0 Å². The molecule has 0 aliphatic rings. The van der Waals surface area contributed by atoms with Gasteiger partial charge in [0.05, 0.1) is 24.7 Å². The van der Waals surface area contributed by atoms with Gasteiger partial charge in [-0.3, -0.25) is 9.48 Å². The number of hydrogen-bond acceptors (Lipinski definition) is 5. The van der Waals surface area contributed by atoms with Crippen LogP contribution in [0.4, 0.5) is 4.39 Å². The van der Waals surface area contributed by atoms with E-state index in [9.17, 15) is 14.0 Å². The normalized spacial score (nSPS) is 10.7. The van der Waals surface area contributed by atoms with Crippen molar-refractivity contribution in [3.05, 3.63) is 83.8 Å². The number of aryl methyl sites for hydroxylation is 1. The largest absolute Gasteiger partial charge is 0.454 e. The van der Waals surface area contributed by atoms with Gasteiger partial charge in [-0.2, -0.15) is 10.4 Å². The first-order valence-corrected chi connectivity index (χ1v) is 9.20. The maximum Gasteiger partial charge on any atom is 0.331 e. The first-order valence-electron chi connectivity index (χ1n) is 9.20. The van der Waals surface area contributed by atoms with Crippen molar-refractivity contribution in [2.75, 3.05) is 6.61 Å². The average Bonchev–Trinajstić information content (AvgIpc) is 3.18. The fraction of sp³-hybridized carbons (Fsp3) is 0.130. The van der Waals surface area contributed by atoms with Gasteiger partial charge in [-0.25, -0.2) is 9.18 Å². The minimum atomic E-state index is -0.672. The van der Waals surface area contributed by atoms with Gasteiger partial charge < -0.3 is 4.74 Å². The number of esters is 1. The molecule has 1 aromatic heterocycles. The zero-order valence-corrected chi connectivity index (χ0v) is 16.0. The molecule has 0 spiro atoms. The molecule has 0 saturated carbocycles. The smallest absolute Gasteiger partial charge is 0.331 e. The van der Waals surface area contributed by atoms with Gasteiger partial charge in [0, 0.05) is 29.0 Å². The molecule has 7 heteroatoms. The Morgan fingerprint density at radius 3 is 2.57 bits per heavy atom. The van der Waals surface area contributed by atoms with E-state index in [-0.39, 0.29) is 24.6 Å². The van der Waals surface area contributed by atoms with Crippen LogP contribution >= 0.6 is 0 Å². The van der Waals surface area contributed by atoms with Crippen molar-refractivity contribution < 1.29 is 18.7 Å². The van der Waals surface area contributed by atoms with Crippen LogP contribution in [0, 0.1) is 17.1 Å². The topological polar surface area (TPSA) is 85.0 Å². The van der Waals surface area contributed by atoms with Crippen molar-refractivity contribution in [1.29, 1.82) is 5.26 Å². The van der Waals surface area contributed by atoms with E-state index >= 15 is 0 Å². The highest BCUT2D eigenvalue weighted by molar-refractivity contribution is 5.99. The van der Waals surface area contributed by atoms with Gasteiger partial charge in [0.15, 0.2) is 12.4 Å². The van der Waals surface area contributed by atoms with Crippen LogP contribution in [0.1, 0.15) is 22.3 Å². The molecule has 30 heavy (non-hydrogen) atoms. The van der Waals surface area contributed by atoms with Crippen molar-refractivity contribution in [1.82, 2.24) is 9.78 Å². The molecule has 6 nitrogen and oxygen atoms in total. The monoisotopic (exact) mass is 403 g/mol. The van der Waals surface area contributed by atoms with Crippen LogP contribution < -0.4 is 0 Å². The number of nitriles is 1. The Morgan fingerprint density at radius 1 is 1.13 bits per heavy atom. The fourth-order valence-corrected chi connectivity index (χ4v) is 2.72. The standard InChI is InChI=1S/C23H18FN3O3/c24-20-10-7-18(8-11-20)23-19(15-27(26-23)14-4-13-25)9-12-22(29)30-16-21(28)17-5-2-1-3-6-17/h1-3,5-12,15H,4,14,16H2/b12-9+. The quantitative estimate of drug-likeness (QED) is 0.322. The maximum atomic E-state index is 13.2. The SMILES string of the molecule is N#CCCn1cc(/C=C/C(=O)OCC(=O)c2ccccc2)c(-c2ccc(F)cc2)n1. The lowest BCUT2D eigenvalue weighted by Crippen LogP contribution is -2.12. The van der Waals surface area contributed by atoms with Crippen molar-refractivity contribution >= 4 is 17.8 Å². The van der Waals surface area contributed by atoms with Crippen LogP contribution in [0.15, 0.2) is 66.9 Å². The third kappa shape index (κ3) is 5.49. The van der Waals surface area contributed by atoms with Gasteiger partial charge in [-0.15, -0.1) is 0 Å². The molecule has 0 radical (unpaired) electrons. The predicted molar refractivity (Wildman–Crippen MR) is 109 cm³/mol. The highest BCUT2D eigenvalue weighted by Gasteiger charge is 2.11. The molecule has 150 valence electrons. The summed E-state index contributed by atoms with van der Waals surface area (Å²) in [6.45, 7) is 0.0218. The second-order valence-electron chi connectivity index (χ2n) is 6.34. The highest BCUT2D eigenvalue weighted by atomic mass is 19.1. The molecule has 3 aromatic rings. The molecule has 0 unspecified atom stereocenters. The van der Waals surface area contributed by atoms with Crippen LogP contribution in [-0.2, 0) is 16.1 Å². The van der Waals surface area contributed by atoms with E-state index in [2.05, 4.69) is 5.10 Å². The first kappa shape index (κ1) is 20.7. The highest BCUT2D eigenvalue weighted by Crippen LogP contribution is 2.24. The van der Waals surface area contributed by atoms with Crippen LogP contribution in [-0.4, -0.2) is 28.1 Å². The van der Waals surface area contributed by atoms with Crippen LogP contribution in [0.2, 0.25) is 0 Å². The number of halogens is 1. The van der Waals surface area contributed by atoms with Crippen molar-refractivity contribution in [2.24, 2.45) is 0 Å². The molecule has 0 aliphatic carbocycles. The van der Waals surface area contributed by atoms with Gasteiger partial charge in [-0.1, -0.05) is 30.3 Å². The second kappa shape index (κ2) is 9.94. The minimum Gasteiger partial charge on any atom is -0.454 e. The molecule has 2 aromatic carbocycles. The molecule has 0 atom stereocenters. The summed E-state index contributed by atoms with van der Waals surface area (Å²) in [7, 11) is 0. The van der Waals surface area contributed by atoms with Gasteiger partial charge in [-0.05, 0) is 30.3 Å². The summed E-state index contributed by atoms with van der Waals surface area (Å²) in [6.07, 6.45) is 4.69. The Morgan fingerprint density at radius 2 is 1.87 bits per heavy atom. The Hall–Kier alpha value is -4.05. The molecule has 0 aliphatic heterocycles. The van der Waals surface area contributed by atoms with Crippen molar-refractivity contribution in [2.45, 2.75) is 13.0 Å². The number of ether oxygens (including phenoxy) is 1. The van der Waals surface area contributed by atoms with E-state index in [1.54, 1.807) is 53.3 Å². The Bertz CT molecular complexity index is 1100. The van der Waals surface area contributed by atoms with E-state index in [0.29, 0.717) is 28.9 Å². The van der Waals surface area contributed by atoms with Gasteiger partial charge >= 0.3 is 5.97 Å². The van der Waals surface area contributed by atoms with Gasteiger partial charge in [0.1, 0.15) is 5.82 Å². The molecule has 0 bridgehead atoms. The molecule has 0 saturated heterocycles. The Labute approximate surface area is 172 Å². The Balaban J connectivity index is 1.72. The summed E-state index contributed by atoms with van der Waals surface area (Å²) in [5.74, 6) is -1.34. The van der Waals surface area contributed by atoms with Crippen LogP contribution in [0.25, 0.3) is 17.3 Å². The zero-order chi connectivity index (χ0) is 21.3. The second-order valence-corrected chi connectivity index (χ2v) is 6.34. The van der Waals surface area contributed by atoms with Gasteiger partial charge in [0.25, 0.3) is 0 Å². The molecule has 0 N–H and O–H groups in total. The summed E-state index contributed by atoms with van der Waals surface area (Å²) < 4.78 is 19.8. The lowest BCUT2D eigenvalue weighted by Gasteiger charge is -2.02. The van der Waals surface area contributed by atoms with Crippen LogP contribution in [0.3, 0.4) is 0 Å². The number of hydrogen-bond donors (Lipinski definition) is 0. The Kier molecular flexibility index (Phi) is 6.85. The maximum absolute atomic E-state index is 13.2. The fourth-order valence-electron chi connectivity index (χ4n) is 2.72. The van der Waals surface area contributed by atoms with E-state index in [0.717, 1.165) is 0 Å². The number of aromatic nitrogens is 2. The van der Waals surface area contributed by atoms with E-state index in [1.165, 1.54) is 24.3 Å². The molecule has 3 rings (SSSR count). The molecule has 0 fully saturated rings. The minimum absolute atomic E-state index is 0.275. The summed E-state index contributed by atoms with van der Waals surface area (Å²) in [5.41, 5.74) is 2.27. The third-order valence-corrected chi connectivity index (χ3v) is 4.20. The average molecular weight is 403 g/mol. The lowest BCUT2D eigenvalue weighted by molar-refractivity contribution is -0.136. The number of carbonyl (C=O) groups excluding carboxylic acids is 2. The van der Waals surface area contributed by atoms with Crippen molar-refractivity contribution in [3.63, 3.8) is 0 Å². The summed E-state index contributed by atoms with van der Waals surface area (Å²) in [6, 6.07) is 16.4. The number of rotatable bonds is 8. The summed E-state index contributed by atoms with van der Waals surface area (Å²) >= 11 is 0. The number of ketones is 1. The molecule has 1 heterocycles. The molecular formula is C23H18FN3O3. The number of benzene rings is 2. The lowest BCUT2D eigenvalue weighted by atomic mass is 10.1. The number of carbonyl (C=O) groups is 2. The van der Waals surface area contributed by atoms with E-state index in [1.807, 2.05) is 6.07 Å².